The maximum absolute atomic E-state index is 13.5. The molecule has 8 nitrogen and oxygen atoms in total. The first-order chi connectivity index (χ1) is 14.9. The van der Waals surface area contributed by atoms with E-state index in [0.717, 1.165) is 22.4 Å². The van der Waals surface area contributed by atoms with Crippen LogP contribution in [0.4, 0.5) is 11.6 Å². The number of aromatic nitrogens is 3. The minimum atomic E-state index is -0.523. The van der Waals surface area contributed by atoms with Crippen LogP contribution >= 0.6 is 0 Å². The molecule has 0 saturated heterocycles. The van der Waals surface area contributed by atoms with Gasteiger partial charge in [-0.3, -0.25) is 4.79 Å². The summed E-state index contributed by atoms with van der Waals surface area (Å²) in [6.07, 6.45) is 1.46. The average Bonchev–Trinajstić information content (AvgIpc) is 3.22. The number of methoxy groups -OCH3 is 2. The van der Waals surface area contributed by atoms with Crippen LogP contribution in [-0.2, 0) is 4.79 Å². The van der Waals surface area contributed by atoms with Gasteiger partial charge in [-0.2, -0.15) is 10.1 Å². The Bertz CT molecular complexity index is 1180. The van der Waals surface area contributed by atoms with Gasteiger partial charge in [0.25, 0.3) is 5.91 Å². The van der Waals surface area contributed by atoms with Crippen LogP contribution in [0.15, 0.2) is 54.0 Å². The lowest BCUT2D eigenvalue weighted by Gasteiger charge is -2.29. The van der Waals surface area contributed by atoms with E-state index >= 15 is 0 Å². The minimum absolute atomic E-state index is 0.221. The summed E-state index contributed by atoms with van der Waals surface area (Å²) in [6.45, 7) is 5.86. The predicted octanol–water partition coefficient (Wildman–Crippen LogP) is 3.84. The van der Waals surface area contributed by atoms with E-state index in [1.54, 1.807) is 25.0 Å². The molecule has 0 aliphatic carbocycles. The molecule has 1 unspecified atom stereocenters. The van der Waals surface area contributed by atoms with Crippen molar-refractivity contribution in [3.63, 3.8) is 0 Å². The first kappa shape index (κ1) is 20.5. The fourth-order valence-electron chi connectivity index (χ4n) is 3.86. The highest BCUT2D eigenvalue weighted by Gasteiger charge is 2.35. The first-order valence-electron chi connectivity index (χ1n) is 9.90. The third-order valence-electron chi connectivity index (χ3n) is 5.40. The molecule has 0 spiro atoms. The molecule has 2 aromatic carbocycles. The molecule has 1 amide bonds. The van der Waals surface area contributed by atoms with E-state index in [1.165, 1.54) is 6.33 Å². The second-order valence-corrected chi connectivity index (χ2v) is 7.47. The summed E-state index contributed by atoms with van der Waals surface area (Å²) in [5.74, 6) is 1.59. The van der Waals surface area contributed by atoms with Crippen molar-refractivity contribution in [2.24, 2.45) is 0 Å². The highest BCUT2D eigenvalue weighted by Crippen LogP contribution is 2.40. The number of anilines is 2. The fraction of sp³-hybridized carbons (Fsp3) is 0.261. The van der Waals surface area contributed by atoms with Crippen molar-refractivity contribution >= 4 is 17.5 Å². The highest BCUT2D eigenvalue weighted by atomic mass is 16.5. The van der Waals surface area contributed by atoms with E-state index < -0.39 is 6.04 Å². The smallest absolute Gasteiger partial charge is 0.255 e. The molecule has 1 aliphatic rings. The molecule has 2 heterocycles. The molecule has 1 aromatic heterocycles. The summed E-state index contributed by atoms with van der Waals surface area (Å²) >= 11 is 0. The number of hydrogen-bond donors (Lipinski definition) is 2. The maximum Gasteiger partial charge on any atom is 0.255 e. The van der Waals surface area contributed by atoms with E-state index in [4.69, 9.17) is 9.47 Å². The number of allylic oxidation sites excluding steroid dienone is 1. The van der Waals surface area contributed by atoms with E-state index in [9.17, 15) is 4.79 Å². The van der Waals surface area contributed by atoms with E-state index in [1.807, 2.05) is 51.1 Å². The molecule has 1 atom stereocenters. The molecule has 4 rings (SSSR count). The van der Waals surface area contributed by atoms with Gasteiger partial charge in [0.2, 0.25) is 5.95 Å². The number of carbonyl (C=O) groups excluding carboxylic acids is 1. The van der Waals surface area contributed by atoms with E-state index in [2.05, 4.69) is 20.7 Å². The van der Waals surface area contributed by atoms with Crippen molar-refractivity contribution in [3.05, 3.63) is 70.7 Å². The second-order valence-electron chi connectivity index (χ2n) is 7.47. The number of rotatable bonds is 5. The fourth-order valence-corrected chi connectivity index (χ4v) is 3.86. The number of benzene rings is 2. The molecule has 31 heavy (non-hydrogen) atoms. The van der Waals surface area contributed by atoms with E-state index in [-0.39, 0.29) is 5.91 Å². The summed E-state index contributed by atoms with van der Waals surface area (Å²) in [7, 11) is 3.19. The number of fused-ring (bicyclic) bond motifs is 1. The lowest BCUT2D eigenvalue weighted by molar-refractivity contribution is -0.113. The van der Waals surface area contributed by atoms with Gasteiger partial charge in [0, 0.05) is 23.0 Å². The lowest BCUT2D eigenvalue weighted by Crippen LogP contribution is -2.31. The zero-order chi connectivity index (χ0) is 22.1. The highest BCUT2D eigenvalue weighted by molar-refractivity contribution is 6.06. The molecular weight excluding hydrogens is 394 g/mol. The number of nitrogens with zero attached hydrogens (tertiary/aromatic N) is 3. The van der Waals surface area contributed by atoms with Gasteiger partial charge in [0.05, 0.1) is 19.8 Å². The van der Waals surface area contributed by atoms with Gasteiger partial charge in [0.1, 0.15) is 23.9 Å². The van der Waals surface area contributed by atoms with Crippen LogP contribution in [0.5, 0.6) is 11.5 Å². The molecule has 0 radical (unpaired) electrons. The Morgan fingerprint density at radius 3 is 2.61 bits per heavy atom. The first-order valence-corrected chi connectivity index (χ1v) is 9.90. The third kappa shape index (κ3) is 3.72. The Hall–Kier alpha value is -3.81. The number of aryl methyl sites for hydroxylation is 2. The largest absolute Gasteiger partial charge is 0.497 e. The molecule has 0 saturated carbocycles. The quantitative estimate of drug-likeness (QED) is 0.653. The van der Waals surface area contributed by atoms with Crippen molar-refractivity contribution in [1.82, 2.24) is 14.8 Å². The van der Waals surface area contributed by atoms with Crippen molar-refractivity contribution in [2.75, 3.05) is 24.9 Å². The zero-order valence-electron chi connectivity index (χ0n) is 18.2. The van der Waals surface area contributed by atoms with Crippen molar-refractivity contribution in [3.8, 4) is 11.5 Å². The van der Waals surface area contributed by atoms with Crippen molar-refractivity contribution in [2.45, 2.75) is 26.8 Å². The third-order valence-corrected chi connectivity index (χ3v) is 5.40. The molecule has 0 fully saturated rings. The zero-order valence-corrected chi connectivity index (χ0v) is 18.2. The lowest BCUT2D eigenvalue weighted by atomic mass is 9.94. The van der Waals surface area contributed by atoms with Crippen LogP contribution in [0.3, 0.4) is 0 Å². The SMILES string of the molecule is COc1ccc(C2C(C(=O)Nc3ccc(C)cc3C)=C(C)Nc3ncnn32)c(OC)c1. The van der Waals surface area contributed by atoms with Gasteiger partial charge in [0.15, 0.2) is 0 Å². The average molecular weight is 419 g/mol. The van der Waals surface area contributed by atoms with Gasteiger partial charge in [-0.1, -0.05) is 17.7 Å². The topological polar surface area (TPSA) is 90.3 Å². The Balaban J connectivity index is 1.81. The van der Waals surface area contributed by atoms with Gasteiger partial charge in [-0.25, -0.2) is 4.68 Å². The molecule has 2 N–H and O–H groups in total. The van der Waals surface area contributed by atoms with Gasteiger partial charge in [-0.15, -0.1) is 0 Å². The van der Waals surface area contributed by atoms with Crippen LogP contribution < -0.4 is 20.1 Å². The normalized spacial score (nSPS) is 15.2. The standard InChI is InChI=1S/C23H25N5O3/c1-13-6-9-18(14(2)10-13)27-22(29)20-15(3)26-23-24-12-25-28(23)21(20)17-8-7-16(30-4)11-19(17)31-5/h6-12,21H,1-5H3,(H,27,29)(H,24,25,26). The summed E-state index contributed by atoms with van der Waals surface area (Å²) in [5.41, 5.74) is 4.91. The van der Waals surface area contributed by atoms with Crippen LogP contribution in [0, 0.1) is 13.8 Å². The number of hydrogen-bond acceptors (Lipinski definition) is 6. The van der Waals surface area contributed by atoms with Gasteiger partial charge >= 0.3 is 0 Å². The van der Waals surface area contributed by atoms with Crippen LogP contribution in [0.1, 0.15) is 29.7 Å². The van der Waals surface area contributed by atoms with Crippen molar-refractivity contribution in [1.29, 1.82) is 0 Å². The molecular formula is C23H25N5O3. The summed E-state index contributed by atoms with van der Waals surface area (Å²) < 4.78 is 12.7. The van der Waals surface area contributed by atoms with Crippen LogP contribution in [0.2, 0.25) is 0 Å². The molecule has 3 aromatic rings. The molecule has 1 aliphatic heterocycles. The Labute approximate surface area is 180 Å². The number of carbonyl (C=O) groups is 1. The Morgan fingerprint density at radius 2 is 1.90 bits per heavy atom. The number of ether oxygens (including phenoxy) is 2. The maximum atomic E-state index is 13.5. The Morgan fingerprint density at radius 1 is 1.10 bits per heavy atom. The number of nitrogens with one attached hydrogen (secondary N) is 2. The second kappa shape index (κ2) is 8.14. The predicted molar refractivity (Wildman–Crippen MR) is 119 cm³/mol. The van der Waals surface area contributed by atoms with Gasteiger partial charge in [-0.05, 0) is 44.5 Å². The molecule has 160 valence electrons. The molecule has 8 heteroatoms. The van der Waals surface area contributed by atoms with Crippen LogP contribution in [-0.4, -0.2) is 34.9 Å². The minimum Gasteiger partial charge on any atom is -0.497 e. The Kier molecular flexibility index (Phi) is 5.37. The van der Waals surface area contributed by atoms with E-state index in [0.29, 0.717) is 28.7 Å². The summed E-state index contributed by atoms with van der Waals surface area (Å²) in [6, 6.07) is 10.9. The van der Waals surface area contributed by atoms with Crippen molar-refractivity contribution < 1.29 is 14.3 Å². The van der Waals surface area contributed by atoms with Gasteiger partial charge < -0.3 is 20.1 Å². The monoisotopic (exact) mass is 419 g/mol. The number of amides is 1. The summed E-state index contributed by atoms with van der Waals surface area (Å²) in [4.78, 5) is 17.8. The summed E-state index contributed by atoms with van der Waals surface area (Å²) in [5, 5.41) is 10.6. The molecule has 0 bridgehead atoms. The van der Waals surface area contributed by atoms with Crippen LogP contribution in [0.25, 0.3) is 0 Å².